The fourth-order valence-electron chi connectivity index (χ4n) is 2.64. The Kier molecular flexibility index (Phi) is 3.42. The van der Waals surface area contributed by atoms with Crippen molar-refractivity contribution in [3.05, 3.63) is 35.7 Å². The van der Waals surface area contributed by atoms with E-state index in [-0.39, 0.29) is 0 Å². The van der Waals surface area contributed by atoms with Gasteiger partial charge in [0.1, 0.15) is 17.3 Å². The molecule has 0 aliphatic heterocycles. The maximum absolute atomic E-state index is 9.05. The van der Waals surface area contributed by atoms with E-state index in [0.717, 1.165) is 29.4 Å². The molecule has 1 aromatic carbocycles. The number of aromatic nitrogens is 2. The van der Waals surface area contributed by atoms with Crippen molar-refractivity contribution in [2.24, 2.45) is 5.92 Å². The van der Waals surface area contributed by atoms with Gasteiger partial charge in [-0.25, -0.2) is 4.98 Å². The van der Waals surface area contributed by atoms with Crippen molar-refractivity contribution in [2.45, 2.75) is 39.2 Å². The molecule has 1 aliphatic carbocycles. The molecule has 0 saturated heterocycles. The quantitative estimate of drug-likeness (QED) is 0.931. The van der Waals surface area contributed by atoms with Crippen LogP contribution in [0.5, 0.6) is 0 Å². The Morgan fingerprint density at radius 1 is 1.43 bits per heavy atom. The number of anilines is 1. The zero-order valence-electron chi connectivity index (χ0n) is 12.5. The smallest absolute Gasteiger partial charge is 0.131 e. The average Bonchev–Trinajstić information content (AvgIpc) is 3.26. The first-order valence-corrected chi connectivity index (χ1v) is 7.46. The summed E-state index contributed by atoms with van der Waals surface area (Å²) < 4.78 is 2.16. The Hall–Kier alpha value is -2.28. The lowest BCUT2D eigenvalue weighted by Gasteiger charge is -2.11. The topological polar surface area (TPSA) is 67.6 Å². The van der Waals surface area contributed by atoms with Gasteiger partial charge in [0.25, 0.3) is 0 Å². The van der Waals surface area contributed by atoms with Crippen LogP contribution in [0.2, 0.25) is 0 Å². The molecular formula is C17H20N4. The maximum atomic E-state index is 9.05. The van der Waals surface area contributed by atoms with Gasteiger partial charge in [0.05, 0.1) is 11.6 Å². The fourth-order valence-corrected chi connectivity index (χ4v) is 2.64. The first kappa shape index (κ1) is 13.7. The van der Waals surface area contributed by atoms with Crippen molar-refractivity contribution >= 4 is 5.82 Å². The molecule has 0 amide bonds. The van der Waals surface area contributed by atoms with Crippen LogP contribution in [-0.2, 0) is 6.54 Å². The van der Waals surface area contributed by atoms with Gasteiger partial charge in [-0.05, 0) is 30.9 Å². The van der Waals surface area contributed by atoms with Gasteiger partial charge in [0.2, 0.25) is 0 Å². The monoisotopic (exact) mass is 280 g/mol. The summed E-state index contributed by atoms with van der Waals surface area (Å²) in [5.41, 5.74) is 8.74. The number of rotatable bonds is 4. The largest absolute Gasteiger partial charge is 0.383 e. The molecule has 3 rings (SSSR count). The van der Waals surface area contributed by atoms with Gasteiger partial charge in [-0.1, -0.05) is 26.0 Å². The summed E-state index contributed by atoms with van der Waals surface area (Å²) >= 11 is 0. The summed E-state index contributed by atoms with van der Waals surface area (Å²) in [4.78, 5) is 4.80. The van der Waals surface area contributed by atoms with Crippen molar-refractivity contribution in [3.8, 4) is 17.3 Å². The lowest BCUT2D eigenvalue weighted by molar-refractivity contribution is 0.512. The number of benzene rings is 1. The second kappa shape index (κ2) is 5.25. The molecule has 4 nitrogen and oxygen atoms in total. The molecule has 1 fully saturated rings. The number of nitriles is 1. The highest BCUT2D eigenvalue weighted by Gasteiger charge is 2.31. The van der Waals surface area contributed by atoms with Crippen LogP contribution in [0.3, 0.4) is 0 Å². The van der Waals surface area contributed by atoms with Gasteiger partial charge in [-0.15, -0.1) is 0 Å². The van der Waals surface area contributed by atoms with E-state index in [1.165, 1.54) is 12.8 Å². The van der Waals surface area contributed by atoms with Crippen LogP contribution < -0.4 is 5.73 Å². The van der Waals surface area contributed by atoms with Crippen LogP contribution in [0.25, 0.3) is 11.3 Å². The first-order valence-electron chi connectivity index (χ1n) is 7.46. The minimum absolute atomic E-state index is 0.525. The van der Waals surface area contributed by atoms with Crippen LogP contribution in [0.15, 0.2) is 24.3 Å². The Morgan fingerprint density at radius 2 is 2.19 bits per heavy atom. The third-order valence-electron chi connectivity index (χ3n) is 3.79. The summed E-state index contributed by atoms with van der Waals surface area (Å²) in [6, 6.07) is 9.67. The van der Waals surface area contributed by atoms with Gasteiger partial charge >= 0.3 is 0 Å². The Morgan fingerprint density at radius 3 is 2.81 bits per heavy atom. The SMILES string of the molecule is CC(C)Cn1c(C2CC2)nc(-c2cccc(C#N)c2)c1N. The van der Waals surface area contributed by atoms with Crippen LogP contribution in [0, 0.1) is 17.2 Å². The van der Waals surface area contributed by atoms with E-state index in [4.69, 9.17) is 16.0 Å². The summed E-state index contributed by atoms with van der Waals surface area (Å²) in [5, 5.41) is 9.05. The van der Waals surface area contributed by atoms with Crippen LogP contribution in [0.4, 0.5) is 5.82 Å². The number of imidazole rings is 1. The lowest BCUT2D eigenvalue weighted by Crippen LogP contribution is -2.10. The average molecular weight is 280 g/mol. The Bertz CT molecular complexity index is 702. The van der Waals surface area contributed by atoms with E-state index in [0.29, 0.717) is 17.4 Å². The number of hydrogen-bond donors (Lipinski definition) is 1. The van der Waals surface area contributed by atoms with Gasteiger partial charge < -0.3 is 10.3 Å². The summed E-state index contributed by atoms with van der Waals surface area (Å²) in [6.07, 6.45) is 2.40. The van der Waals surface area contributed by atoms with E-state index < -0.39 is 0 Å². The summed E-state index contributed by atoms with van der Waals surface area (Å²) in [6.45, 7) is 5.26. The summed E-state index contributed by atoms with van der Waals surface area (Å²) in [5.74, 6) is 2.91. The second-order valence-corrected chi connectivity index (χ2v) is 6.18. The van der Waals surface area contributed by atoms with E-state index >= 15 is 0 Å². The van der Waals surface area contributed by atoms with Crippen molar-refractivity contribution in [3.63, 3.8) is 0 Å². The third kappa shape index (κ3) is 2.64. The first-order chi connectivity index (χ1) is 10.1. The number of nitrogens with zero attached hydrogens (tertiary/aromatic N) is 3. The van der Waals surface area contributed by atoms with E-state index in [9.17, 15) is 0 Å². The minimum atomic E-state index is 0.525. The van der Waals surface area contributed by atoms with Crippen LogP contribution in [0.1, 0.15) is 44.0 Å². The van der Waals surface area contributed by atoms with Gasteiger partial charge in [0.15, 0.2) is 0 Å². The van der Waals surface area contributed by atoms with Crippen molar-refractivity contribution in [2.75, 3.05) is 5.73 Å². The number of nitrogen functional groups attached to an aromatic ring is 1. The summed E-state index contributed by atoms with van der Waals surface area (Å²) in [7, 11) is 0. The Balaban J connectivity index is 2.08. The third-order valence-corrected chi connectivity index (χ3v) is 3.79. The molecule has 4 heteroatoms. The zero-order chi connectivity index (χ0) is 15.0. The van der Waals surface area contributed by atoms with Gasteiger partial charge in [0, 0.05) is 18.0 Å². The molecule has 21 heavy (non-hydrogen) atoms. The molecule has 0 spiro atoms. The predicted molar refractivity (Wildman–Crippen MR) is 83.6 cm³/mol. The molecule has 0 atom stereocenters. The van der Waals surface area contributed by atoms with E-state index in [1.54, 1.807) is 6.07 Å². The molecule has 2 N–H and O–H groups in total. The fraction of sp³-hybridized carbons (Fsp3) is 0.412. The van der Waals surface area contributed by atoms with E-state index in [2.05, 4.69) is 24.5 Å². The highest BCUT2D eigenvalue weighted by Crippen LogP contribution is 2.42. The molecule has 0 unspecified atom stereocenters. The van der Waals surface area contributed by atoms with Gasteiger partial charge in [-0.2, -0.15) is 5.26 Å². The number of nitrogens with two attached hydrogens (primary N) is 1. The molecular weight excluding hydrogens is 260 g/mol. The molecule has 0 radical (unpaired) electrons. The minimum Gasteiger partial charge on any atom is -0.383 e. The molecule has 1 aliphatic rings. The Labute approximate surface area is 125 Å². The van der Waals surface area contributed by atoms with Crippen molar-refractivity contribution in [1.82, 2.24) is 9.55 Å². The van der Waals surface area contributed by atoms with E-state index in [1.807, 2.05) is 18.2 Å². The lowest BCUT2D eigenvalue weighted by atomic mass is 10.1. The molecule has 1 saturated carbocycles. The maximum Gasteiger partial charge on any atom is 0.131 e. The number of hydrogen-bond acceptors (Lipinski definition) is 3. The molecule has 0 bridgehead atoms. The zero-order valence-corrected chi connectivity index (χ0v) is 12.5. The molecule has 1 aromatic heterocycles. The van der Waals surface area contributed by atoms with Gasteiger partial charge in [-0.3, -0.25) is 0 Å². The normalized spacial score (nSPS) is 14.4. The predicted octanol–water partition coefficient (Wildman–Crippen LogP) is 3.54. The molecule has 1 heterocycles. The standard InChI is InChI=1S/C17H20N4/c1-11(2)10-21-16(19)15(20-17(21)13-6-7-13)14-5-3-4-12(8-14)9-18/h3-5,8,11,13H,6-7,10,19H2,1-2H3. The second-order valence-electron chi connectivity index (χ2n) is 6.18. The van der Waals surface area contributed by atoms with Crippen LogP contribution in [-0.4, -0.2) is 9.55 Å². The van der Waals surface area contributed by atoms with Crippen LogP contribution >= 0.6 is 0 Å². The highest BCUT2D eigenvalue weighted by molar-refractivity contribution is 5.72. The molecule has 108 valence electrons. The van der Waals surface area contributed by atoms with Crippen molar-refractivity contribution < 1.29 is 0 Å². The highest BCUT2D eigenvalue weighted by atomic mass is 15.2. The van der Waals surface area contributed by atoms with Crippen molar-refractivity contribution in [1.29, 1.82) is 5.26 Å². The molecule has 2 aromatic rings.